The van der Waals surface area contributed by atoms with Gasteiger partial charge >= 0.3 is 0 Å². The molecule has 0 radical (unpaired) electrons. The van der Waals surface area contributed by atoms with E-state index in [1.807, 2.05) is 0 Å². The summed E-state index contributed by atoms with van der Waals surface area (Å²) in [6, 6.07) is 3.63. The van der Waals surface area contributed by atoms with Gasteiger partial charge in [0.1, 0.15) is 5.82 Å². The Morgan fingerprint density at radius 3 is 2.75 bits per heavy atom. The van der Waals surface area contributed by atoms with Crippen LogP contribution in [0.3, 0.4) is 0 Å². The molecule has 0 aliphatic rings. The fourth-order valence-corrected chi connectivity index (χ4v) is 2.28. The number of hydrogen-bond donors (Lipinski definition) is 1. The van der Waals surface area contributed by atoms with E-state index in [-0.39, 0.29) is 22.5 Å². The predicted octanol–water partition coefficient (Wildman–Crippen LogP) is 1.51. The van der Waals surface area contributed by atoms with Gasteiger partial charge in [-0.15, -0.1) is 0 Å². The van der Waals surface area contributed by atoms with Crippen molar-refractivity contribution in [2.45, 2.75) is 4.90 Å². The van der Waals surface area contributed by atoms with E-state index >= 15 is 0 Å². The average molecular weight is 312 g/mol. The Morgan fingerprint density at radius 2 is 2.19 bits per heavy atom. The van der Waals surface area contributed by atoms with E-state index in [4.69, 9.17) is 4.74 Å². The molecule has 0 saturated carbocycles. The lowest BCUT2D eigenvalue weighted by molar-refractivity contribution is 0.204. The molecular weight excluding hydrogens is 301 g/mol. The molecule has 0 aromatic heterocycles. The van der Waals surface area contributed by atoms with Gasteiger partial charge in [-0.2, -0.15) is 0 Å². The summed E-state index contributed by atoms with van der Waals surface area (Å²) in [6.45, 7) is 0.411. The summed E-state index contributed by atoms with van der Waals surface area (Å²) in [5, 5.41) is 0. The molecule has 0 heterocycles. The van der Waals surface area contributed by atoms with Crippen LogP contribution >= 0.6 is 15.9 Å². The van der Waals surface area contributed by atoms with Gasteiger partial charge in [-0.25, -0.2) is 17.5 Å². The zero-order chi connectivity index (χ0) is 12.2. The van der Waals surface area contributed by atoms with E-state index in [2.05, 4.69) is 20.7 Å². The van der Waals surface area contributed by atoms with Crippen molar-refractivity contribution in [1.82, 2.24) is 4.72 Å². The van der Waals surface area contributed by atoms with Crippen LogP contribution in [0.15, 0.2) is 27.6 Å². The Kier molecular flexibility index (Phi) is 4.85. The van der Waals surface area contributed by atoms with Crippen molar-refractivity contribution in [2.75, 3.05) is 20.3 Å². The van der Waals surface area contributed by atoms with Gasteiger partial charge in [0, 0.05) is 13.7 Å². The first kappa shape index (κ1) is 13.6. The fourth-order valence-electron chi connectivity index (χ4n) is 1.01. The molecule has 4 nitrogen and oxygen atoms in total. The number of sulfonamides is 1. The summed E-state index contributed by atoms with van der Waals surface area (Å²) in [6.07, 6.45) is 0. The Labute approximate surface area is 102 Å². The summed E-state index contributed by atoms with van der Waals surface area (Å²) in [5.74, 6) is -0.616. The lowest BCUT2D eigenvalue weighted by Gasteiger charge is -2.06. The van der Waals surface area contributed by atoms with Crippen LogP contribution in [0.25, 0.3) is 0 Å². The molecule has 7 heteroatoms. The molecule has 16 heavy (non-hydrogen) atoms. The third kappa shape index (κ3) is 3.51. The van der Waals surface area contributed by atoms with E-state index in [9.17, 15) is 12.8 Å². The van der Waals surface area contributed by atoms with Crippen LogP contribution in [0.5, 0.6) is 0 Å². The van der Waals surface area contributed by atoms with Gasteiger partial charge < -0.3 is 4.74 Å². The molecule has 1 aromatic rings. The summed E-state index contributed by atoms with van der Waals surface area (Å²) in [4.78, 5) is -0.107. The van der Waals surface area contributed by atoms with Crippen LogP contribution in [-0.4, -0.2) is 28.7 Å². The van der Waals surface area contributed by atoms with Crippen molar-refractivity contribution in [3.8, 4) is 0 Å². The summed E-state index contributed by atoms with van der Waals surface area (Å²) in [7, 11) is -2.20. The number of methoxy groups -OCH3 is 1. The van der Waals surface area contributed by atoms with Crippen LogP contribution < -0.4 is 4.72 Å². The molecule has 1 N–H and O–H groups in total. The van der Waals surface area contributed by atoms with Gasteiger partial charge in [-0.05, 0) is 34.1 Å². The smallest absolute Gasteiger partial charge is 0.240 e. The van der Waals surface area contributed by atoms with Gasteiger partial charge in [0.05, 0.1) is 16.0 Å². The zero-order valence-electron chi connectivity index (χ0n) is 8.54. The molecule has 0 unspecified atom stereocenters. The molecular formula is C9H11BrFNO3S. The minimum absolute atomic E-state index is 0.107. The molecule has 0 saturated heterocycles. The maximum Gasteiger partial charge on any atom is 0.240 e. The highest BCUT2D eigenvalue weighted by Gasteiger charge is 2.14. The number of benzene rings is 1. The molecule has 0 amide bonds. The van der Waals surface area contributed by atoms with E-state index < -0.39 is 15.8 Å². The maximum atomic E-state index is 13.1. The monoisotopic (exact) mass is 311 g/mol. The molecule has 1 aromatic carbocycles. The molecule has 0 fully saturated rings. The first-order valence-electron chi connectivity index (χ1n) is 4.41. The quantitative estimate of drug-likeness (QED) is 0.839. The van der Waals surface area contributed by atoms with Crippen molar-refractivity contribution in [2.24, 2.45) is 0 Å². The topological polar surface area (TPSA) is 55.4 Å². The van der Waals surface area contributed by atoms with Crippen molar-refractivity contribution >= 4 is 26.0 Å². The van der Waals surface area contributed by atoms with Crippen molar-refractivity contribution in [3.63, 3.8) is 0 Å². The Bertz CT molecular complexity index is 464. The first-order valence-corrected chi connectivity index (χ1v) is 6.68. The first-order chi connectivity index (χ1) is 7.47. The molecule has 0 aliphatic heterocycles. The number of halogens is 2. The lowest BCUT2D eigenvalue weighted by Crippen LogP contribution is -2.27. The molecule has 90 valence electrons. The van der Waals surface area contributed by atoms with Gasteiger partial charge in [0.2, 0.25) is 10.0 Å². The van der Waals surface area contributed by atoms with Crippen LogP contribution in [-0.2, 0) is 14.8 Å². The zero-order valence-corrected chi connectivity index (χ0v) is 10.9. The Hall–Kier alpha value is -0.500. The fraction of sp³-hybridized carbons (Fsp3) is 0.333. The summed E-state index contributed by atoms with van der Waals surface area (Å²) < 4.78 is 43.6. The highest BCUT2D eigenvalue weighted by molar-refractivity contribution is 9.10. The predicted molar refractivity (Wildman–Crippen MR) is 61.2 cm³/mol. The lowest BCUT2D eigenvalue weighted by atomic mass is 10.3. The molecule has 1 rings (SSSR count). The van der Waals surface area contributed by atoms with Crippen LogP contribution in [0, 0.1) is 5.82 Å². The van der Waals surface area contributed by atoms with Crippen LogP contribution in [0.4, 0.5) is 4.39 Å². The number of nitrogens with one attached hydrogen (secondary N) is 1. The standard InChI is InChI=1S/C9H11BrFNO3S/c1-15-5-4-12-16(13,14)7-2-3-8(10)9(11)6-7/h2-3,6,12H,4-5H2,1H3. The van der Waals surface area contributed by atoms with Crippen molar-refractivity contribution in [3.05, 3.63) is 28.5 Å². The Morgan fingerprint density at radius 1 is 1.50 bits per heavy atom. The largest absolute Gasteiger partial charge is 0.383 e. The average Bonchev–Trinajstić information content (AvgIpc) is 2.22. The van der Waals surface area contributed by atoms with E-state index in [1.54, 1.807) is 0 Å². The van der Waals surface area contributed by atoms with E-state index in [1.165, 1.54) is 19.2 Å². The molecule has 0 bridgehead atoms. The molecule has 0 spiro atoms. The van der Waals surface area contributed by atoms with E-state index in [0.717, 1.165) is 6.07 Å². The molecule has 0 aliphatic carbocycles. The third-order valence-corrected chi connectivity index (χ3v) is 3.90. The molecule has 0 atom stereocenters. The number of rotatable bonds is 5. The van der Waals surface area contributed by atoms with Gasteiger partial charge in [0.25, 0.3) is 0 Å². The minimum Gasteiger partial charge on any atom is -0.383 e. The second-order valence-electron chi connectivity index (χ2n) is 2.97. The van der Waals surface area contributed by atoms with Crippen molar-refractivity contribution < 1.29 is 17.5 Å². The summed E-state index contributed by atoms with van der Waals surface area (Å²) >= 11 is 2.95. The van der Waals surface area contributed by atoms with Crippen LogP contribution in [0.2, 0.25) is 0 Å². The third-order valence-electron chi connectivity index (χ3n) is 1.80. The van der Waals surface area contributed by atoms with Gasteiger partial charge in [-0.1, -0.05) is 0 Å². The second-order valence-corrected chi connectivity index (χ2v) is 5.59. The normalized spacial score (nSPS) is 11.7. The number of ether oxygens (including phenoxy) is 1. The minimum atomic E-state index is -3.66. The van der Waals surface area contributed by atoms with Gasteiger partial charge in [0.15, 0.2) is 0 Å². The highest BCUT2D eigenvalue weighted by Crippen LogP contribution is 2.19. The highest BCUT2D eigenvalue weighted by atomic mass is 79.9. The SMILES string of the molecule is COCCNS(=O)(=O)c1ccc(Br)c(F)c1. The summed E-state index contributed by atoms with van der Waals surface area (Å²) in [5.41, 5.74) is 0. The Balaban J connectivity index is 2.86. The number of hydrogen-bond acceptors (Lipinski definition) is 3. The van der Waals surface area contributed by atoms with E-state index in [0.29, 0.717) is 0 Å². The van der Waals surface area contributed by atoms with Gasteiger partial charge in [-0.3, -0.25) is 0 Å². The van der Waals surface area contributed by atoms with Crippen LogP contribution in [0.1, 0.15) is 0 Å². The van der Waals surface area contributed by atoms with Crippen molar-refractivity contribution in [1.29, 1.82) is 0 Å². The second kappa shape index (κ2) is 5.72. The maximum absolute atomic E-state index is 13.1.